The zero-order chi connectivity index (χ0) is 25.7. The first kappa shape index (κ1) is 23.8. The molecule has 0 aliphatic heterocycles. The molecule has 0 radical (unpaired) electrons. The Kier molecular flexibility index (Phi) is 5.75. The molecule has 0 saturated heterocycles. The fourth-order valence-corrected chi connectivity index (χ4v) is 4.48. The van der Waals surface area contributed by atoms with Crippen LogP contribution in [0.25, 0.3) is 21.3 Å². The molecule has 0 aliphatic carbocycles. The quantitative estimate of drug-likeness (QED) is 0.264. The molecular weight excluding hydrogens is 493 g/mol. The van der Waals surface area contributed by atoms with Gasteiger partial charge < -0.3 is 21.2 Å². The maximum absolute atomic E-state index is 13.6. The average molecular weight is 508 g/mol. The number of thiophene rings is 1. The Morgan fingerprint density at radius 1 is 1.31 bits per heavy atom. The van der Waals surface area contributed by atoms with E-state index in [9.17, 15) is 32.9 Å². The molecule has 16 heteroatoms. The minimum Gasteiger partial charge on any atom is -0.365 e. The zero-order valence-electron chi connectivity index (χ0n) is 17.9. The monoisotopic (exact) mass is 508 g/mol. The van der Waals surface area contributed by atoms with Gasteiger partial charge in [0.05, 0.1) is 18.0 Å². The minimum atomic E-state index is -4.80. The van der Waals surface area contributed by atoms with Crippen molar-refractivity contribution in [3.05, 3.63) is 50.4 Å². The summed E-state index contributed by atoms with van der Waals surface area (Å²) in [5.74, 6) is -2.53. The second-order valence-corrected chi connectivity index (χ2v) is 8.21. The molecule has 0 fully saturated rings. The van der Waals surface area contributed by atoms with Crippen molar-refractivity contribution in [1.29, 1.82) is 0 Å². The number of carbonyl (C=O) groups excluding carboxylic acids is 2. The van der Waals surface area contributed by atoms with Crippen molar-refractivity contribution in [2.45, 2.75) is 26.6 Å². The molecule has 4 rings (SSSR count). The maximum atomic E-state index is 13.6. The average Bonchev–Trinajstić information content (AvgIpc) is 3.49. The van der Waals surface area contributed by atoms with Crippen LogP contribution in [-0.2, 0) is 12.7 Å². The van der Waals surface area contributed by atoms with Gasteiger partial charge in [-0.15, -0.1) is 16.4 Å². The molecule has 0 aromatic carbocycles. The lowest BCUT2D eigenvalue weighted by Crippen LogP contribution is -2.17. The van der Waals surface area contributed by atoms with Gasteiger partial charge in [0.1, 0.15) is 15.4 Å². The molecule has 4 aromatic rings. The fourth-order valence-electron chi connectivity index (χ4n) is 3.48. The zero-order valence-corrected chi connectivity index (χ0v) is 18.7. The van der Waals surface area contributed by atoms with Crippen LogP contribution in [0.4, 0.5) is 24.7 Å². The van der Waals surface area contributed by atoms with Crippen molar-refractivity contribution in [1.82, 2.24) is 25.0 Å². The lowest BCUT2D eigenvalue weighted by Gasteiger charge is -2.12. The lowest BCUT2D eigenvalue weighted by molar-refractivity contribution is -0.389. The lowest BCUT2D eigenvalue weighted by atomic mass is 10.0. The summed E-state index contributed by atoms with van der Waals surface area (Å²) in [7, 11) is 0. The van der Waals surface area contributed by atoms with Crippen LogP contribution in [-0.4, -0.2) is 41.7 Å². The van der Waals surface area contributed by atoms with Gasteiger partial charge in [0.15, 0.2) is 5.69 Å². The molecule has 182 valence electrons. The third-order valence-electron chi connectivity index (χ3n) is 5.10. The first-order chi connectivity index (χ1) is 16.4. The van der Waals surface area contributed by atoms with Gasteiger partial charge in [-0.2, -0.15) is 18.3 Å². The van der Waals surface area contributed by atoms with Crippen LogP contribution >= 0.6 is 11.3 Å². The number of primary amides is 1. The van der Waals surface area contributed by atoms with Gasteiger partial charge in [-0.1, -0.05) is 5.10 Å². The van der Waals surface area contributed by atoms with Crippen molar-refractivity contribution in [3.63, 3.8) is 0 Å². The van der Waals surface area contributed by atoms with E-state index in [1.165, 1.54) is 6.20 Å². The standard InChI is InChI=1S/C19H15F3N8O4S/c1-3-29-7(2)9(6-24-29)8-4-11(19(20,21)22)25-18-13(8)14(15(35-18)16(23)31)26-17(32)10-5-12(28-27-10)30(33)34/h4-6H,3H2,1-2H3,(H2,23,31)(H,26,32)(H,27,28). The Morgan fingerprint density at radius 3 is 2.57 bits per heavy atom. The smallest absolute Gasteiger partial charge is 0.365 e. The van der Waals surface area contributed by atoms with E-state index in [4.69, 9.17) is 5.73 Å². The predicted molar refractivity (Wildman–Crippen MR) is 118 cm³/mol. The van der Waals surface area contributed by atoms with E-state index in [-0.39, 0.29) is 32.0 Å². The number of aryl methyl sites for hydroxylation is 1. The second kappa shape index (κ2) is 8.46. The Bertz CT molecular complexity index is 1500. The Morgan fingerprint density at radius 2 is 2.03 bits per heavy atom. The molecule has 4 N–H and O–H groups in total. The summed E-state index contributed by atoms with van der Waals surface area (Å²) in [6, 6.07) is 1.67. The summed E-state index contributed by atoms with van der Waals surface area (Å²) >= 11 is 0.573. The molecule has 2 amide bonds. The van der Waals surface area contributed by atoms with Crippen LogP contribution in [0.1, 0.15) is 38.5 Å². The van der Waals surface area contributed by atoms with E-state index >= 15 is 0 Å². The van der Waals surface area contributed by atoms with Gasteiger partial charge >= 0.3 is 12.0 Å². The van der Waals surface area contributed by atoms with Gasteiger partial charge in [-0.05, 0) is 30.4 Å². The highest BCUT2D eigenvalue weighted by molar-refractivity contribution is 7.21. The van der Waals surface area contributed by atoms with Crippen molar-refractivity contribution >= 4 is 44.9 Å². The number of hydrogen-bond acceptors (Lipinski definition) is 8. The molecular formula is C19H15F3N8O4S. The van der Waals surface area contributed by atoms with Gasteiger partial charge in [-0.25, -0.2) is 4.98 Å². The van der Waals surface area contributed by atoms with Gasteiger partial charge in [0.25, 0.3) is 11.8 Å². The van der Waals surface area contributed by atoms with Gasteiger partial charge in [0, 0.05) is 23.2 Å². The molecule has 0 unspecified atom stereocenters. The maximum Gasteiger partial charge on any atom is 0.433 e. The van der Waals surface area contributed by atoms with Crippen LogP contribution in [0.2, 0.25) is 0 Å². The van der Waals surface area contributed by atoms with Crippen molar-refractivity contribution in [2.24, 2.45) is 5.73 Å². The number of nitrogens with one attached hydrogen (secondary N) is 2. The number of H-pyrrole nitrogens is 1. The number of pyridine rings is 1. The molecule has 4 heterocycles. The number of halogens is 3. The third kappa shape index (κ3) is 4.18. The van der Waals surface area contributed by atoms with Crippen molar-refractivity contribution in [3.8, 4) is 11.1 Å². The van der Waals surface area contributed by atoms with Crippen LogP contribution in [0.3, 0.4) is 0 Å². The summed E-state index contributed by atoms with van der Waals surface area (Å²) in [6.07, 6.45) is -3.43. The van der Waals surface area contributed by atoms with Crippen molar-refractivity contribution < 1.29 is 27.7 Å². The molecule has 0 atom stereocenters. The molecule has 35 heavy (non-hydrogen) atoms. The number of aromatic amines is 1. The number of nitrogens with two attached hydrogens (primary N) is 1. The second-order valence-electron chi connectivity index (χ2n) is 7.21. The largest absolute Gasteiger partial charge is 0.433 e. The number of alkyl halides is 3. The van der Waals surface area contributed by atoms with E-state index in [1.54, 1.807) is 18.5 Å². The number of fused-ring (bicyclic) bond motifs is 1. The van der Waals surface area contributed by atoms with Gasteiger partial charge in [0.2, 0.25) is 0 Å². The molecule has 0 bridgehead atoms. The normalized spacial score (nSPS) is 11.7. The number of carbonyl (C=O) groups is 2. The number of nitro groups is 1. The summed E-state index contributed by atoms with van der Waals surface area (Å²) in [4.78, 5) is 38.2. The number of anilines is 1. The highest BCUT2D eigenvalue weighted by Gasteiger charge is 2.35. The van der Waals surface area contributed by atoms with Crippen LogP contribution in [0, 0.1) is 17.0 Å². The fraction of sp³-hybridized carbons (Fsp3) is 0.211. The molecule has 0 aliphatic rings. The number of hydrogen-bond donors (Lipinski definition) is 3. The first-order valence-electron chi connectivity index (χ1n) is 9.80. The number of aromatic nitrogens is 5. The van der Waals surface area contributed by atoms with E-state index < -0.39 is 34.4 Å². The summed E-state index contributed by atoms with van der Waals surface area (Å²) in [5, 5.41) is 23.1. The van der Waals surface area contributed by atoms with E-state index in [0.717, 1.165) is 12.1 Å². The van der Waals surface area contributed by atoms with E-state index in [1.807, 2.05) is 0 Å². The summed E-state index contributed by atoms with van der Waals surface area (Å²) in [6.45, 7) is 3.91. The summed E-state index contributed by atoms with van der Waals surface area (Å²) < 4.78 is 42.5. The topological polar surface area (TPSA) is 175 Å². The van der Waals surface area contributed by atoms with Crippen LogP contribution in [0.15, 0.2) is 18.3 Å². The summed E-state index contributed by atoms with van der Waals surface area (Å²) in [5.41, 5.74) is 4.55. The van der Waals surface area contributed by atoms with E-state index in [2.05, 4.69) is 25.6 Å². The first-order valence-corrected chi connectivity index (χ1v) is 10.6. The third-order valence-corrected chi connectivity index (χ3v) is 6.20. The molecule has 0 saturated carbocycles. The Hall–Kier alpha value is -4.34. The molecule has 0 spiro atoms. The SMILES string of the molecule is CCn1ncc(-c2cc(C(F)(F)F)nc3sc(C(N)=O)c(NC(=O)c4cc([N+](=O)[O-])[nH]n4)c23)c1C. The molecule has 4 aromatic heterocycles. The van der Waals surface area contributed by atoms with Gasteiger partial charge in [-0.3, -0.25) is 14.3 Å². The minimum absolute atomic E-state index is 0.0200. The molecule has 12 nitrogen and oxygen atoms in total. The number of nitrogens with zero attached hydrogens (tertiary/aromatic N) is 5. The van der Waals surface area contributed by atoms with Crippen LogP contribution < -0.4 is 11.1 Å². The predicted octanol–water partition coefficient (Wildman–Crippen LogP) is 3.49. The van der Waals surface area contributed by atoms with Crippen molar-refractivity contribution in [2.75, 3.05) is 5.32 Å². The number of amides is 2. The van der Waals surface area contributed by atoms with Crippen LogP contribution in [0.5, 0.6) is 0 Å². The Balaban J connectivity index is 1.97. The van der Waals surface area contributed by atoms with E-state index in [0.29, 0.717) is 29.1 Å². The number of rotatable bonds is 6. The highest BCUT2D eigenvalue weighted by Crippen LogP contribution is 2.44. The highest BCUT2D eigenvalue weighted by atomic mass is 32.1. The Labute approximate surface area is 197 Å².